The number of aromatic nitrogens is 1. The van der Waals surface area contributed by atoms with Gasteiger partial charge in [-0.1, -0.05) is 12.1 Å². The van der Waals surface area contributed by atoms with Crippen molar-refractivity contribution in [3.05, 3.63) is 40.9 Å². The van der Waals surface area contributed by atoms with Crippen molar-refractivity contribution in [2.75, 3.05) is 31.1 Å². The van der Waals surface area contributed by atoms with Crippen LogP contribution in [-0.4, -0.2) is 42.7 Å². The fourth-order valence-corrected chi connectivity index (χ4v) is 3.56. The van der Waals surface area contributed by atoms with E-state index in [1.807, 2.05) is 4.90 Å². The molecular weight excluding hydrogens is 377 g/mol. The highest BCUT2D eigenvalue weighted by Gasteiger charge is 2.34. The number of benzene rings is 1. The van der Waals surface area contributed by atoms with E-state index in [0.717, 1.165) is 22.3 Å². The van der Waals surface area contributed by atoms with E-state index in [1.54, 1.807) is 12.1 Å². The molecule has 1 aliphatic heterocycles. The first-order valence-electron chi connectivity index (χ1n) is 7.85. The molecule has 1 aromatic carbocycles. The number of piperazine rings is 1. The molecule has 26 heavy (non-hydrogen) atoms. The number of nitrogens with zero attached hydrogens (tertiary/aromatic N) is 3. The molecule has 1 fully saturated rings. The zero-order valence-corrected chi connectivity index (χ0v) is 14.4. The predicted octanol–water partition coefficient (Wildman–Crippen LogP) is 4.09. The van der Waals surface area contributed by atoms with E-state index >= 15 is 0 Å². The molecule has 0 spiro atoms. The van der Waals surface area contributed by atoms with Crippen LogP contribution in [0.2, 0.25) is 0 Å². The van der Waals surface area contributed by atoms with Crippen LogP contribution in [0, 0.1) is 0 Å². The smallest absolute Gasteiger partial charge is 0.434 e. The van der Waals surface area contributed by atoms with Crippen molar-refractivity contribution in [2.24, 2.45) is 0 Å². The molecule has 1 aromatic heterocycles. The Kier molecular flexibility index (Phi) is 5.61. The molecule has 0 N–H and O–H groups in total. The molecule has 3 rings (SSSR count). The SMILES string of the molecule is FC(F)Oc1ccc(CN2CCN(c3nc(C(F)(F)F)cs3)CC2)cc1. The molecule has 0 saturated carbocycles. The van der Waals surface area contributed by atoms with Crippen LogP contribution in [0.1, 0.15) is 11.3 Å². The van der Waals surface area contributed by atoms with Crippen LogP contribution in [0.5, 0.6) is 5.75 Å². The van der Waals surface area contributed by atoms with Crippen molar-refractivity contribution in [3.63, 3.8) is 0 Å². The molecule has 0 atom stereocenters. The molecule has 1 aliphatic rings. The van der Waals surface area contributed by atoms with Crippen molar-refractivity contribution < 1.29 is 26.7 Å². The topological polar surface area (TPSA) is 28.6 Å². The van der Waals surface area contributed by atoms with Gasteiger partial charge in [0, 0.05) is 38.1 Å². The van der Waals surface area contributed by atoms with Crippen molar-refractivity contribution in [1.29, 1.82) is 0 Å². The number of hydrogen-bond acceptors (Lipinski definition) is 5. The molecule has 4 nitrogen and oxygen atoms in total. The molecule has 0 bridgehead atoms. The average Bonchev–Trinajstić information content (AvgIpc) is 3.07. The standard InChI is InChI=1S/C16H16F5N3OS/c17-14(18)25-12-3-1-11(2-4-12)9-23-5-7-24(8-6-23)15-22-13(10-26-15)16(19,20)21/h1-4,10,14H,5-9H2. The Balaban J connectivity index is 1.51. The fourth-order valence-electron chi connectivity index (χ4n) is 2.67. The number of thiazole rings is 1. The summed E-state index contributed by atoms with van der Waals surface area (Å²) in [4.78, 5) is 7.67. The van der Waals surface area contributed by atoms with Gasteiger partial charge < -0.3 is 9.64 Å². The third-order valence-corrected chi connectivity index (χ3v) is 4.88. The quantitative estimate of drug-likeness (QED) is 0.716. The first-order valence-corrected chi connectivity index (χ1v) is 8.73. The van der Waals surface area contributed by atoms with Gasteiger partial charge in [-0.3, -0.25) is 4.90 Å². The van der Waals surface area contributed by atoms with Crippen LogP contribution in [0.15, 0.2) is 29.6 Å². The highest BCUT2D eigenvalue weighted by molar-refractivity contribution is 7.13. The van der Waals surface area contributed by atoms with Gasteiger partial charge in [0.1, 0.15) is 5.75 Å². The van der Waals surface area contributed by atoms with Crippen LogP contribution in [0.4, 0.5) is 27.1 Å². The second-order valence-electron chi connectivity index (χ2n) is 5.80. The van der Waals surface area contributed by atoms with E-state index in [4.69, 9.17) is 0 Å². The number of halogens is 5. The third kappa shape index (κ3) is 4.82. The van der Waals surface area contributed by atoms with Gasteiger partial charge >= 0.3 is 12.8 Å². The van der Waals surface area contributed by atoms with Crippen LogP contribution in [0.3, 0.4) is 0 Å². The molecule has 1 saturated heterocycles. The lowest BCUT2D eigenvalue weighted by atomic mass is 10.2. The third-order valence-electron chi connectivity index (χ3n) is 3.98. The van der Waals surface area contributed by atoms with E-state index in [-0.39, 0.29) is 5.75 Å². The lowest BCUT2D eigenvalue weighted by Crippen LogP contribution is -2.46. The van der Waals surface area contributed by atoms with Gasteiger partial charge in [0.15, 0.2) is 10.8 Å². The maximum absolute atomic E-state index is 12.6. The van der Waals surface area contributed by atoms with Gasteiger partial charge in [-0.15, -0.1) is 11.3 Å². The number of alkyl halides is 5. The summed E-state index contributed by atoms with van der Waals surface area (Å²) in [5, 5.41) is 1.41. The molecule has 0 radical (unpaired) electrons. The Labute approximate surface area is 150 Å². The molecule has 0 aliphatic carbocycles. The largest absolute Gasteiger partial charge is 0.435 e. The normalized spacial score (nSPS) is 16.3. The first kappa shape index (κ1) is 18.8. The molecule has 0 amide bonds. The second kappa shape index (κ2) is 7.75. The predicted molar refractivity (Wildman–Crippen MR) is 87.7 cm³/mol. The molecular formula is C16H16F5N3OS. The lowest BCUT2D eigenvalue weighted by molar-refractivity contribution is -0.140. The van der Waals surface area contributed by atoms with E-state index in [9.17, 15) is 22.0 Å². The minimum atomic E-state index is -4.42. The Morgan fingerprint density at radius 2 is 1.73 bits per heavy atom. The molecule has 142 valence electrons. The average molecular weight is 393 g/mol. The summed E-state index contributed by atoms with van der Waals surface area (Å²) in [6.07, 6.45) is -4.42. The summed E-state index contributed by atoms with van der Waals surface area (Å²) in [6.45, 7) is 0.299. The number of ether oxygens (including phenoxy) is 1. The molecule has 0 unspecified atom stereocenters. The summed E-state index contributed by atoms with van der Waals surface area (Å²) < 4.78 is 66.5. The van der Waals surface area contributed by atoms with Crippen molar-refractivity contribution in [3.8, 4) is 5.75 Å². The zero-order chi connectivity index (χ0) is 18.7. The van der Waals surface area contributed by atoms with Gasteiger partial charge in [-0.25, -0.2) is 4.98 Å². The second-order valence-corrected chi connectivity index (χ2v) is 6.64. The monoisotopic (exact) mass is 393 g/mol. The van der Waals surface area contributed by atoms with E-state index in [0.29, 0.717) is 37.9 Å². The Bertz CT molecular complexity index is 711. The zero-order valence-electron chi connectivity index (χ0n) is 13.5. The van der Waals surface area contributed by atoms with Gasteiger partial charge in [-0.05, 0) is 17.7 Å². The fraction of sp³-hybridized carbons (Fsp3) is 0.438. The highest BCUT2D eigenvalue weighted by Crippen LogP contribution is 2.33. The summed E-state index contributed by atoms with van der Waals surface area (Å²) in [5.74, 6) is 0.109. The van der Waals surface area contributed by atoms with E-state index in [1.165, 1.54) is 12.1 Å². The minimum Gasteiger partial charge on any atom is -0.435 e. The highest BCUT2D eigenvalue weighted by atomic mass is 32.1. The summed E-state index contributed by atoms with van der Waals surface area (Å²) >= 11 is 0.996. The number of hydrogen-bond donors (Lipinski definition) is 0. The van der Waals surface area contributed by atoms with Gasteiger partial charge in [-0.2, -0.15) is 22.0 Å². The van der Waals surface area contributed by atoms with Crippen LogP contribution >= 0.6 is 11.3 Å². The number of rotatable bonds is 5. The lowest BCUT2D eigenvalue weighted by Gasteiger charge is -2.34. The number of anilines is 1. The maximum atomic E-state index is 12.6. The first-order chi connectivity index (χ1) is 12.3. The van der Waals surface area contributed by atoms with Crippen molar-refractivity contribution >= 4 is 16.5 Å². The Hall–Kier alpha value is -1.94. The molecule has 10 heteroatoms. The van der Waals surface area contributed by atoms with Gasteiger partial charge in [0.25, 0.3) is 0 Å². The van der Waals surface area contributed by atoms with Crippen molar-refractivity contribution in [1.82, 2.24) is 9.88 Å². The molecule has 2 aromatic rings. The summed E-state index contributed by atoms with van der Waals surface area (Å²) in [5.41, 5.74) is 0.0970. The van der Waals surface area contributed by atoms with E-state index in [2.05, 4.69) is 14.6 Å². The minimum absolute atomic E-state index is 0.109. The van der Waals surface area contributed by atoms with E-state index < -0.39 is 18.5 Å². The van der Waals surface area contributed by atoms with Crippen LogP contribution in [0.25, 0.3) is 0 Å². The van der Waals surface area contributed by atoms with Gasteiger partial charge in [0.2, 0.25) is 0 Å². The van der Waals surface area contributed by atoms with Gasteiger partial charge in [0.05, 0.1) is 0 Å². The summed E-state index contributed by atoms with van der Waals surface area (Å²) in [7, 11) is 0. The van der Waals surface area contributed by atoms with Crippen LogP contribution in [-0.2, 0) is 12.7 Å². The summed E-state index contributed by atoms with van der Waals surface area (Å²) in [6, 6.07) is 6.43. The molecule has 2 heterocycles. The van der Waals surface area contributed by atoms with Crippen molar-refractivity contribution in [2.45, 2.75) is 19.3 Å². The maximum Gasteiger partial charge on any atom is 0.434 e. The van der Waals surface area contributed by atoms with Crippen LogP contribution < -0.4 is 9.64 Å². The Morgan fingerprint density at radius 3 is 2.27 bits per heavy atom. The Morgan fingerprint density at radius 1 is 1.08 bits per heavy atom.